The summed E-state index contributed by atoms with van der Waals surface area (Å²) in [5.74, 6) is 1.28. The quantitative estimate of drug-likeness (QED) is 0.489. The van der Waals surface area contributed by atoms with Gasteiger partial charge in [-0.1, -0.05) is 11.2 Å². The smallest absolute Gasteiger partial charge is 0.265 e. The molecule has 0 bridgehead atoms. The molecule has 0 unspecified atom stereocenters. The van der Waals surface area contributed by atoms with Gasteiger partial charge in [-0.15, -0.1) is 11.3 Å². The van der Waals surface area contributed by atoms with Crippen molar-refractivity contribution in [1.29, 1.82) is 0 Å². The third-order valence-corrected chi connectivity index (χ3v) is 5.95. The Morgan fingerprint density at radius 1 is 1.17 bits per heavy atom. The van der Waals surface area contributed by atoms with Crippen molar-refractivity contribution < 1.29 is 14.1 Å². The molecule has 1 amide bonds. The summed E-state index contributed by atoms with van der Waals surface area (Å²) in [5, 5.41) is 6.85. The number of anilines is 1. The van der Waals surface area contributed by atoms with Crippen LogP contribution < -0.4 is 9.64 Å². The fourth-order valence-electron chi connectivity index (χ4n) is 3.43. The lowest BCUT2D eigenvalue weighted by Crippen LogP contribution is -2.38. The maximum atomic E-state index is 12.7. The minimum atomic E-state index is -0.105. The van der Waals surface area contributed by atoms with E-state index in [1.165, 1.54) is 11.3 Å². The Bertz CT molecular complexity index is 1210. The predicted molar refractivity (Wildman–Crippen MR) is 113 cm³/mol. The van der Waals surface area contributed by atoms with Crippen molar-refractivity contribution >= 4 is 22.9 Å². The van der Waals surface area contributed by atoms with Gasteiger partial charge < -0.3 is 14.2 Å². The predicted octanol–water partition coefficient (Wildman–Crippen LogP) is 4.40. The molecule has 150 valence electrons. The van der Waals surface area contributed by atoms with Crippen molar-refractivity contribution in [2.24, 2.45) is 0 Å². The number of thiazole rings is 1. The Hall–Kier alpha value is -3.52. The molecule has 0 saturated carbocycles. The molecule has 0 radical (unpaired) electrons. The minimum Gasteiger partial charge on any atom is -0.482 e. The number of rotatable bonds is 4. The molecular formula is C22H18N4O3S. The van der Waals surface area contributed by atoms with Crippen molar-refractivity contribution in [2.75, 3.05) is 11.5 Å². The average Bonchev–Trinajstić information content (AvgIpc) is 3.38. The third-order valence-electron chi connectivity index (χ3n) is 5.08. The molecular weight excluding hydrogens is 400 g/mol. The highest BCUT2D eigenvalue weighted by Gasteiger charge is 2.28. The number of amides is 1. The number of aromatic nitrogens is 3. The molecule has 4 heterocycles. The molecule has 0 aliphatic carbocycles. The lowest BCUT2D eigenvalue weighted by molar-refractivity contribution is -0.121. The van der Waals surface area contributed by atoms with E-state index in [0.29, 0.717) is 18.1 Å². The summed E-state index contributed by atoms with van der Waals surface area (Å²) in [7, 11) is 0. The highest BCUT2D eigenvalue weighted by atomic mass is 32.1. The van der Waals surface area contributed by atoms with Crippen LogP contribution in [0.15, 0.2) is 52.5 Å². The number of fused-ring (bicyclic) bond motifs is 1. The largest absolute Gasteiger partial charge is 0.482 e. The number of pyridine rings is 1. The second-order valence-corrected chi connectivity index (χ2v) is 7.86. The van der Waals surface area contributed by atoms with E-state index in [2.05, 4.69) is 10.1 Å². The normalized spacial score (nSPS) is 13.3. The van der Waals surface area contributed by atoms with E-state index in [9.17, 15) is 4.79 Å². The molecule has 0 atom stereocenters. The van der Waals surface area contributed by atoms with Crippen molar-refractivity contribution in [3.8, 4) is 27.7 Å². The van der Waals surface area contributed by atoms with Crippen molar-refractivity contribution in [3.05, 3.63) is 65.0 Å². The van der Waals surface area contributed by atoms with Crippen LogP contribution >= 0.6 is 11.3 Å². The molecule has 1 aromatic carbocycles. The van der Waals surface area contributed by atoms with Gasteiger partial charge in [0.2, 0.25) is 0 Å². The Kier molecular flexibility index (Phi) is 4.55. The zero-order valence-electron chi connectivity index (χ0n) is 16.5. The number of carbonyl (C=O) groups excluding carboxylic acids is 1. The molecule has 30 heavy (non-hydrogen) atoms. The van der Waals surface area contributed by atoms with Gasteiger partial charge in [0.1, 0.15) is 16.5 Å². The topological polar surface area (TPSA) is 81.4 Å². The molecule has 0 saturated heterocycles. The highest BCUT2D eigenvalue weighted by Crippen LogP contribution is 2.38. The van der Waals surface area contributed by atoms with Gasteiger partial charge in [-0.25, -0.2) is 4.98 Å². The molecule has 0 spiro atoms. The van der Waals surface area contributed by atoms with Gasteiger partial charge in [0.25, 0.3) is 5.91 Å². The number of ether oxygens (including phenoxy) is 1. The van der Waals surface area contributed by atoms with Crippen LogP contribution in [-0.2, 0) is 11.3 Å². The van der Waals surface area contributed by atoms with E-state index in [-0.39, 0.29) is 12.5 Å². The Morgan fingerprint density at radius 2 is 2.07 bits per heavy atom. The van der Waals surface area contributed by atoms with Gasteiger partial charge in [0.05, 0.1) is 29.3 Å². The van der Waals surface area contributed by atoms with Crippen molar-refractivity contribution in [1.82, 2.24) is 15.1 Å². The maximum absolute atomic E-state index is 12.7. The van der Waals surface area contributed by atoms with E-state index in [1.54, 1.807) is 11.1 Å². The summed E-state index contributed by atoms with van der Waals surface area (Å²) in [5.41, 5.74) is 4.99. The number of nitrogens with zero attached hydrogens (tertiary/aromatic N) is 4. The number of hydrogen-bond acceptors (Lipinski definition) is 7. The van der Waals surface area contributed by atoms with Crippen LogP contribution in [-0.4, -0.2) is 27.6 Å². The second-order valence-electron chi connectivity index (χ2n) is 7.01. The van der Waals surface area contributed by atoms with Gasteiger partial charge >= 0.3 is 0 Å². The first-order chi connectivity index (χ1) is 14.6. The fourth-order valence-corrected chi connectivity index (χ4v) is 4.24. The van der Waals surface area contributed by atoms with Crippen LogP contribution in [0.5, 0.6) is 5.75 Å². The SMILES string of the molecule is Cc1noc(C)c1CN1C(=O)COc2ccc(-c3csc(-c4ccccn4)n3)cc21. The second kappa shape index (κ2) is 7.38. The highest BCUT2D eigenvalue weighted by molar-refractivity contribution is 7.13. The molecule has 1 aliphatic heterocycles. The molecule has 5 rings (SSSR count). The van der Waals surface area contributed by atoms with Gasteiger partial charge in [-0.05, 0) is 44.2 Å². The number of hydrogen-bond donors (Lipinski definition) is 0. The molecule has 0 N–H and O–H groups in total. The van der Waals surface area contributed by atoms with Crippen molar-refractivity contribution in [2.45, 2.75) is 20.4 Å². The third kappa shape index (κ3) is 3.25. The molecule has 4 aromatic rings. The van der Waals surface area contributed by atoms with E-state index in [4.69, 9.17) is 14.2 Å². The average molecular weight is 418 g/mol. The van der Waals surface area contributed by atoms with E-state index in [0.717, 1.165) is 38.9 Å². The van der Waals surface area contributed by atoms with Crippen LogP contribution in [0.2, 0.25) is 0 Å². The molecule has 8 heteroatoms. The lowest BCUT2D eigenvalue weighted by atomic mass is 10.1. The summed E-state index contributed by atoms with van der Waals surface area (Å²) in [6, 6.07) is 11.6. The summed E-state index contributed by atoms with van der Waals surface area (Å²) >= 11 is 1.54. The summed E-state index contributed by atoms with van der Waals surface area (Å²) in [4.78, 5) is 23.5. The first-order valence-corrected chi connectivity index (χ1v) is 10.3. The van der Waals surface area contributed by atoms with Gasteiger partial charge in [-0.3, -0.25) is 9.78 Å². The van der Waals surface area contributed by atoms with Gasteiger partial charge in [-0.2, -0.15) is 0 Å². The number of carbonyl (C=O) groups is 1. The Labute approximate surface area is 177 Å². The molecule has 1 aliphatic rings. The number of aryl methyl sites for hydroxylation is 2. The van der Waals surface area contributed by atoms with Gasteiger partial charge in [0.15, 0.2) is 6.61 Å². The summed E-state index contributed by atoms with van der Waals surface area (Å²) in [6.07, 6.45) is 1.75. The van der Waals surface area contributed by atoms with Crippen LogP contribution in [0.4, 0.5) is 5.69 Å². The molecule has 3 aromatic heterocycles. The zero-order chi connectivity index (χ0) is 20.7. The van der Waals surface area contributed by atoms with Crippen LogP contribution in [0.25, 0.3) is 22.0 Å². The standard InChI is InChI=1S/C22H18N4O3S/c1-13-16(14(2)29-25-13)10-26-19-9-15(6-7-20(19)28-11-21(26)27)18-12-30-22(24-18)17-5-3-4-8-23-17/h3-9,12H,10-11H2,1-2H3. The first kappa shape index (κ1) is 18.5. The lowest BCUT2D eigenvalue weighted by Gasteiger charge is -2.29. The Morgan fingerprint density at radius 3 is 2.83 bits per heavy atom. The van der Waals surface area contributed by atoms with Gasteiger partial charge in [0, 0.05) is 22.7 Å². The zero-order valence-corrected chi connectivity index (χ0v) is 17.3. The van der Waals surface area contributed by atoms with E-state index in [1.807, 2.05) is 55.6 Å². The summed E-state index contributed by atoms with van der Waals surface area (Å²) < 4.78 is 10.9. The maximum Gasteiger partial charge on any atom is 0.265 e. The van der Waals surface area contributed by atoms with E-state index >= 15 is 0 Å². The molecule has 0 fully saturated rings. The fraction of sp³-hybridized carbons (Fsp3) is 0.182. The number of benzene rings is 1. The first-order valence-electron chi connectivity index (χ1n) is 9.46. The summed E-state index contributed by atoms with van der Waals surface area (Å²) in [6.45, 7) is 4.13. The van der Waals surface area contributed by atoms with Crippen LogP contribution in [0, 0.1) is 13.8 Å². The van der Waals surface area contributed by atoms with Crippen LogP contribution in [0.3, 0.4) is 0 Å². The Balaban J connectivity index is 1.51. The van der Waals surface area contributed by atoms with E-state index < -0.39 is 0 Å². The minimum absolute atomic E-state index is 0.0102. The monoisotopic (exact) mass is 418 g/mol. The molecule has 7 nitrogen and oxygen atoms in total. The van der Waals surface area contributed by atoms with Crippen LogP contribution in [0.1, 0.15) is 17.0 Å². The van der Waals surface area contributed by atoms with Crippen molar-refractivity contribution in [3.63, 3.8) is 0 Å².